The average molecular weight is 430 g/mol. The summed E-state index contributed by atoms with van der Waals surface area (Å²) < 4.78 is 13.3. The first-order chi connectivity index (χ1) is 14.5. The molecule has 0 bridgehead atoms. The van der Waals surface area contributed by atoms with Gasteiger partial charge >= 0.3 is 0 Å². The Morgan fingerprint density at radius 3 is 3.00 bits per heavy atom. The zero-order valence-corrected chi connectivity index (χ0v) is 17.7. The van der Waals surface area contributed by atoms with Crippen molar-refractivity contribution in [2.75, 3.05) is 26.3 Å². The van der Waals surface area contributed by atoms with Gasteiger partial charge in [-0.15, -0.1) is 0 Å². The highest BCUT2D eigenvalue weighted by molar-refractivity contribution is 6.32. The molecule has 0 saturated carbocycles. The van der Waals surface area contributed by atoms with Crippen LogP contribution in [-0.2, 0) is 18.2 Å². The lowest BCUT2D eigenvalue weighted by molar-refractivity contribution is -0.0247. The molecule has 1 aliphatic heterocycles. The fourth-order valence-corrected chi connectivity index (χ4v) is 3.59. The van der Waals surface area contributed by atoms with Crippen molar-refractivity contribution >= 4 is 17.5 Å². The van der Waals surface area contributed by atoms with Crippen LogP contribution in [0, 0.1) is 6.92 Å². The number of para-hydroxylation sites is 1. The number of nitrogens with one attached hydrogen (secondary N) is 1. The Kier molecular flexibility index (Phi) is 6.06. The molecule has 1 N–H and O–H groups in total. The second-order valence-corrected chi connectivity index (χ2v) is 7.63. The molecule has 0 radical (unpaired) electrons. The number of hydrogen-bond acceptors (Lipinski definition) is 5. The van der Waals surface area contributed by atoms with E-state index in [0.29, 0.717) is 49.1 Å². The standard InChI is InChI=1S/C21H24ClN5O3/c1-14-16(12-23-26(14)2)21(28)27-8-10-30-20(13-27)18-11-15(24-25-18)7-9-29-19-6-4-3-5-17(19)22/h3-6,11-12,20H,7-10,13H2,1-2H3,(H,24,25)/t20-/m0/s1. The number of aromatic amines is 1. The maximum atomic E-state index is 12.9. The number of aromatic nitrogens is 4. The smallest absolute Gasteiger partial charge is 0.257 e. The predicted octanol–water partition coefficient (Wildman–Crippen LogP) is 2.94. The second-order valence-electron chi connectivity index (χ2n) is 7.22. The average Bonchev–Trinajstić information content (AvgIpc) is 3.36. The molecule has 30 heavy (non-hydrogen) atoms. The van der Waals surface area contributed by atoms with E-state index in [-0.39, 0.29) is 12.0 Å². The Morgan fingerprint density at radius 2 is 2.23 bits per heavy atom. The molecule has 4 rings (SSSR count). The van der Waals surface area contributed by atoms with E-state index in [0.717, 1.165) is 17.1 Å². The Hall–Kier alpha value is -2.84. The summed E-state index contributed by atoms with van der Waals surface area (Å²) in [6.45, 7) is 3.83. The van der Waals surface area contributed by atoms with E-state index < -0.39 is 0 Å². The molecule has 0 aliphatic carbocycles. The molecular weight excluding hydrogens is 406 g/mol. The van der Waals surface area contributed by atoms with E-state index in [9.17, 15) is 4.79 Å². The summed E-state index contributed by atoms with van der Waals surface area (Å²) in [7, 11) is 1.83. The van der Waals surface area contributed by atoms with E-state index in [2.05, 4.69) is 15.3 Å². The van der Waals surface area contributed by atoms with Crippen LogP contribution in [0.15, 0.2) is 36.5 Å². The second kappa shape index (κ2) is 8.89. The first-order valence-electron chi connectivity index (χ1n) is 9.84. The molecule has 9 heteroatoms. The van der Waals surface area contributed by atoms with E-state index in [4.69, 9.17) is 21.1 Å². The minimum atomic E-state index is -0.269. The van der Waals surface area contributed by atoms with Gasteiger partial charge in [-0.05, 0) is 25.1 Å². The van der Waals surface area contributed by atoms with Crippen LogP contribution >= 0.6 is 11.6 Å². The molecule has 2 aromatic heterocycles. The highest BCUT2D eigenvalue weighted by Gasteiger charge is 2.29. The molecule has 1 saturated heterocycles. The lowest BCUT2D eigenvalue weighted by atomic mass is 10.1. The molecular formula is C21H24ClN5O3. The number of benzene rings is 1. The molecule has 1 aromatic carbocycles. The summed E-state index contributed by atoms with van der Waals surface area (Å²) in [5, 5.41) is 12.2. The summed E-state index contributed by atoms with van der Waals surface area (Å²) in [5.41, 5.74) is 3.19. The summed E-state index contributed by atoms with van der Waals surface area (Å²) in [6, 6.07) is 9.35. The number of ether oxygens (including phenoxy) is 2. The maximum Gasteiger partial charge on any atom is 0.257 e. The third-order valence-corrected chi connectivity index (χ3v) is 5.58. The highest BCUT2D eigenvalue weighted by atomic mass is 35.5. The number of morpholine rings is 1. The third kappa shape index (κ3) is 4.34. The van der Waals surface area contributed by atoms with Crippen LogP contribution in [0.3, 0.4) is 0 Å². The monoisotopic (exact) mass is 429 g/mol. The SMILES string of the molecule is Cc1c(C(=O)N2CCO[C@H](c3cc(CCOc4ccccc4Cl)[nH]n3)C2)cnn1C. The lowest BCUT2D eigenvalue weighted by Crippen LogP contribution is -2.42. The topological polar surface area (TPSA) is 85.3 Å². The van der Waals surface area contributed by atoms with Gasteiger partial charge in [0.25, 0.3) is 5.91 Å². The summed E-state index contributed by atoms with van der Waals surface area (Å²) >= 11 is 6.11. The normalized spacial score (nSPS) is 16.6. The highest BCUT2D eigenvalue weighted by Crippen LogP contribution is 2.25. The molecule has 0 unspecified atom stereocenters. The molecule has 0 spiro atoms. The molecule has 3 heterocycles. The largest absolute Gasteiger partial charge is 0.492 e. The van der Waals surface area contributed by atoms with Crippen molar-refractivity contribution in [2.45, 2.75) is 19.4 Å². The van der Waals surface area contributed by atoms with Crippen LogP contribution in [-0.4, -0.2) is 57.1 Å². The molecule has 158 valence electrons. The van der Waals surface area contributed by atoms with Crippen LogP contribution in [0.5, 0.6) is 5.75 Å². The van der Waals surface area contributed by atoms with E-state index in [1.807, 2.05) is 38.2 Å². The Balaban J connectivity index is 1.35. The zero-order chi connectivity index (χ0) is 21.1. The summed E-state index contributed by atoms with van der Waals surface area (Å²) in [6.07, 6.45) is 2.00. The van der Waals surface area contributed by atoms with Crippen molar-refractivity contribution in [3.05, 3.63) is 64.2 Å². The molecule has 1 fully saturated rings. The number of rotatable bonds is 6. The quantitative estimate of drug-likeness (QED) is 0.651. The fraction of sp³-hybridized carbons (Fsp3) is 0.381. The lowest BCUT2D eigenvalue weighted by Gasteiger charge is -2.32. The van der Waals surface area contributed by atoms with Gasteiger partial charge in [-0.1, -0.05) is 23.7 Å². The molecule has 8 nitrogen and oxygen atoms in total. The van der Waals surface area contributed by atoms with Gasteiger partial charge in [0.2, 0.25) is 0 Å². The van der Waals surface area contributed by atoms with Crippen LogP contribution in [0.2, 0.25) is 5.02 Å². The van der Waals surface area contributed by atoms with Gasteiger partial charge in [-0.2, -0.15) is 10.2 Å². The molecule has 1 atom stereocenters. The maximum absolute atomic E-state index is 12.9. The first-order valence-corrected chi connectivity index (χ1v) is 10.2. The Morgan fingerprint density at radius 1 is 1.40 bits per heavy atom. The van der Waals surface area contributed by atoms with Gasteiger partial charge in [-0.25, -0.2) is 0 Å². The fourth-order valence-electron chi connectivity index (χ4n) is 3.40. The third-order valence-electron chi connectivity index (χ3n) is 5.27. The van der Waals surface area contributed by atoms with Crippen LogP contribution in [0.1, 0.15) is 33.5 Å². The van der Waals surface area contributed by atoms with Crippen LogP contribution in [0.4, 0.5) is 0 Å². The van der Waals surface area contributed by atoms with Gasteiger partial charge in [-0.3, -0.25) is 14.6 Å². The number of aryl methyl sites for hydroxylation is 1. The molecule has 1 aliphatic rings. The van der Waals surface area contributed by atoms with Crippen LogP contribution in [0.25, 0.3) is 0 Å². The van der Waals surface area contributed by atoms with Crippen molar-refractivity contribution in [1.82, 2.24) is 24.9 Å². The van der Waals surface area contributed by atoms with Crippen LogP contribution < -0.4 is 4.74 Å². The zero-order valence-electron chi connectivity index (χ0n) is 17.0. The number of H-pyrrole nitrogens is 1. The first kappa shape index (κ1) is 20.4. The summed E-state index contributed by atoms with van der Waals surface area (Å²) in [4.78, 5) is 14.7. The molecule has 3 aromatic rings. The van der Waals surface area contributed by atoms with Gasteiger partial charge in [0, 0.05) is 31.4 Å². The minimum Gasteiger partial charge on any atom is -0.492 e. The van der Waals surface area contributed by atoms with Gasteiger partial charge in [0.05, 0.1) is 42.2 Å². The Labute approximate surface area is 179 Å². The van der Waals surface area contributed by atoms with Gasteiger partial charge in [0.15, 0.2) is 0 Å². The van der Waals surface area contributed by atoms with E-state index in [1.165, 1.54) is 0 Å². The number of carbonyl (C=O) groups is 1. The van der Waals surface area contributed by atoms with Crippen molar-refractivity contribution in [1.29, 1.82) is 0 Å². The van der Waals surface area contributed by atoms with Crippen molar-refractivity contribution in [3.63, 3.8) is 0 Å². The predicted molar refractivity (Wildman–Crippen MR) is 112 cm³/mol. The van der Waals surface area contributed by atoms with Gasteiger partial charge < -0.3 is 14.4 Å². The number of carbonyl (C=O) groups excluding carboxylic acids is 1. The number of amides is 1. The van der Waals surface area contributed by atoms with Crippen molar-refractivity contribution in [2.24, 2.45) is 7.05 Å². The Bertz CT molecular complexity index is 1030. The van der Waals surface area contributed by atoms with Crippen molar-refractivity contribution < 1.29 is 14.3 Å². The van der Waals surface area contributed by atoms with Gasteiger partial charge in [0.1, 0.15) is 11.9 Å². The van der Waals surface area contributed by atoms with E-state index in [1.54, 1.807) is 21.8 Å². The van der Waals surface area contributed by atoms with Crippen molar-refractivity contribution in [3.8, 4) is 5.75 Å². The summed E-state index contributed by atoms with van der Waals surface area (Å²) in [5.74, 6) is 0.632. The minimum absolute atomic E-state index is 0.0298. The number of hydrogen-bond donors (Lipinski definition) is 1. The molecule has 1 amide bonds. The van der Waals surface area contributed by atoms with E-state index >= 15 is 0 Å². The number of nitrogens with zero attached hydrogens (tertiary/aromatic N) is 4. The number of halogens is 1.